The molecule has 0 atom stereocenters. The second-order valence-corrected chi connectivity index (χ2v) is 4.18. The van der Waals surface area contributed by atoms with E-state index >= 15 is 0 Å². The Kier molecular flexibility index (Phi) is 3.32. The highest BCUT2D eigenvalue weighted by atomic mass is 32.2. The van der Waals surface area contributed by atoms with E-state index in [2.05, 4.69) is 35.4 Å². The zero-order chi connectivity index (χ0) is 9.80. The van der Waals surface area contributed by atoms with E-state index in [0.29, 0.717) is 0 Å². The van der Waals surface area contributed by atoms with E-state index in [1.54, 1.807) is 11.8 Å². The highest BCUT2D eigenvalue weighted by molar-refractivity contribution is 7.98. The summed E-state index contributed by atoms with van der Waals surface area (Å²) in [7, 11) is 0. The van der Waals surface area contributed by atoms with Gasteiger partial charge in [0.05, 0.1) is 13.2 Å². The Labute approximate surface area is 89.2 Å². The van der Waals surface area contributed by atoms with Crippen molar-refractivity contribution in [2.45, 2.75) is 4.90 Å². The number of anilines is 1. The average Bonchev–Trinajstić information content (AvgIpc) is 2.30. The van der Waals surface area contributed by atoms with Crippen molar-refractivity contribution in [3.8, 4) is 0 Å². The smallest absolute Gasteiger partial charge is 0.0642 e. The summed E-state index contributed by atoms with van der Waals surface area (Å²) in [6, 6.07) is 8.74. The molecule has 0 saturated carbocycles. The first-order chi connectivity index (χ1) is 6.90. The van der Waals surface area contributed by atoms with Gasteiger partial charge < -0.3 is 9.64 Å². The molecule has 1 aromatic rings. The maximum absolute atomic E-state index is 5.32. The number of nitrogens with zero attached hydrogens (tertiary/aromatic N) is 1. The van der Waals surface area contributed by atoms with Crippen molar-refractivity contribution in [1.29, 1.82) is 0 Å². The first kappa shape index (κ1) is 9.87. The van der Waals surface area contributed by atoms with Gasteiger partial charge in [-0.15, -0.1) is 11.8 Å². The predicted octanol–water partition coefficient (Wildman–Crippen LogP) is 2.25. The van der Waals surface area contributed by atoms with E-state index < -0.39 is 0 Å². The van der Waals surface area contributed by atoms with E-state index in [4.69, 9.17) is 4.74 Å². The van der Waals surface area contributed by atoms with Gasteiger partial charge >= 0.3 is 0 Å². The highest BCUT2D eigenvalue weighted by Crippen LogP contribution is 2.20. The van der Waals surface area contributed by atoms with Gasteiger partial charge in [-0.3, -0.25) is 0 Å². The molecule has 0 N–H and O–H groups in total. The van der Waals surface area contributed by atoms with Crippen LogP contribution in [0.5, 0.6) is 0 Å². The first-order valence-electron chi connectivity index (χ1n) is 4.87. The highest BCUT2D eigenvalue weighted by Gasteiger charge is 2.10. The van der Waals surface area contributed by atoms with E-state index in [1.165, 1.54) is 10.6 Å². The molecule has 0 spiro atoms. The van der Waals surface area contributed by atoms with Gasteiger partial charge in [-0.05, 0) is 30.5 Å². The van der Waals surface area contributed by atoms with Crippen molar-refractivity contribution < 1.29 is 4.74 Å². The number of hydrogen-bond donors (Lipinski definition) is 0. The lowest BCUT2D eigenvalue weighted by Crippen LogP contribution is -2.36. The number of rotatable bonds is 2. The molecule has 1 saturated heterocycles. The lowest BCUT2D eigenvalue weighted by Gasteiger charge is -2.28. The quantitative estimate of drug-likeness (QED) is 0.693. The minimum atomic E-state index is 0.851. The van der Waals surface area contributed by atoms with Crippen LogP contribution in [0.1, 0.15) is 0 Å². The molecule has 2 rings (SSSR count). The van der Waals surface area contributed by atoms with Crippen LogP contribution in [0.25, 0.3) is 0 Å². The van der Waals surface area contributed by atoms with Crippen molar-refractivity contribution >= 4 is 17.4 Å². The van der Waals surface area contributed by atoms with Crippen molar-refractivity contribution in [3.05, 3.63) is 24.3 Å². The Morgan fingerprint density at radius 2 is 1.79 bits per heavy atom. The van der Waals surface area contributed by atoms with Crippen LogP contribution in [0.15, 0.2) is 29.2 Å². The third-order valence-electron chi connectivity index (χ3n) is 2.45. The molecule has 0 unspecified atom stereocenters. The molecule has 0 aromatic heterocycles. The van der Waals surface area contributed by atoms with Crippen LogP contribution in [0, 0.1) is 0 Å². The summed E-state index contributed by atoms with van der Waals surface area (Å²) in [5.41, 5.74) is 1.31. The van der Waals surface area contributed by atoms with Crippen LogP contribution in [0.3, 0.4) is 0 Å². The van der Waals surface area contributed by atoms with Crippen LogP contribution in [-0.4, -0.2) is 32.6 Å². The Balaban J connectivity index is 2.07. The SMILES string of the molecule is CSc1ccc(N2CCOCC2)cc1. The lowest BCUT2D eigenvalue weighted by molar-refractivity contribution is 0.122. The van der Waals surface area contributed by atoms with E-state index in [0.717, 1.165) is 26.3 Å². The standard InChI is InChI=1S/C11H15NOS/c1-14-11-4-2-10(3-5-11)12-6-8-13-9-7-12/h2-5H,6-9H2,1H3. The van der Waals surface area contributed by atoms with Gasteiger partial charge in [0.25, 0.3) is 0 Å². The van der Waals surface area contributed by atoms with Crippen LogP contribution in [-0.2, 0) is 4.74 Å². The van der Waals surface area contributed by atoms with E-state index in [1.807, 2.05) is 0 Å². The molecule has 1 fully saturated rings. The van der Waals surface area contributed by atoms with Gasteiger partial charge in [-0.25, -0.2) is 0 Å². The van der Waals surface area contributed by atoms with Gasteiger partial charge in [0.2, 0.25) is 0 Å². The molecule has 76 valence electrons. The van der Waals surface area contributed by atoms with Gasteiger partial charge in [-0.1, -0.05) is 0 Å². The summed E-state index contributed by atoms with van der Waals surface area (Å²) in [5, 5.41) is 0. The molecule has 1 aliphatic heterocycles. The Hall–Kier alpha value is -0.670. The van der Waals surface area contributed by atoms with Crippen LogP contribution < -0.4 is 4.90 Å². The molecule has 0 amide bonds. The minimum Gasteiger partial charge on any atom is -0.378 e. The fourth-order valence-electron chi connectivity index (χ4n) is 1.61. The van der Waals surface area contributed by atoms with Crippen molar-refractivity contribution in [1.82, 2.24) is 0 Å². The normalized spacial score (nSPS) is 17.1. The molecule has 14 heavy (non-hydrogen) atoms. The summed E-state index contributed by atoms with van der Waals surface area (Å²) in [6.07, 6.45) is 2.10. The number of benzene rings is 1. The third kappa shape index (κ3) is 2.22. The van der Waals surface area contributed by atoms with Crippen LogP contribution in [0.2, 0.25) is 0 Å². The zero-order valence-electron chi connectivity index (χ0n) is 8.40. The van der Waals surface area contributed by atoms with Crippen molar-refractivity contribution in [2.24, 2.45) is 0 Å². The first-order valence-corrected chi connectivity index (χ1v) is 6.09. The zero-order valence-corrected chi connectivity index (χ0v) is 9.22. The van der Waals surface area contributed by atoms with Crippen molar-refractivity contribution in [3.63, 3.8) is 0 Å². The van der Waals surface area contributed by atoms with Crippen LogP contribution in [0.4, 0.5) is 5.69 Å². The van der Waals surface area contributed by atoms with E-state index in [-0.39, 0.29) is 0 Å². The van der Waals surface area contributed by atoms with Crippen molar-refractivity contribution in [2.75, 3.05) is 37.5 Å². The molecule has 3 heteroatoms. The number of hydrogen-bond acceptors (Lipinski definition) is 3. The topological polar surface area (TPSA) is 12.5 Å². The number of thioether (sulfide) groups is 1. The minimum absolute atomic E-state index is 0.851. The monoisotopic (exact) mass is 209 g/mol. The molecule has 1 aromatic carbocycles. The summed E-state index contributed by atoms with van der Waals surface area (Å²) in [5.74, 6) is 0. The fraction of sp³-hybridized carbons (Fsp3) is 0.455. The summed E-state index contributed by atoms with van der Waals surface area (Å²) >= 11 is 1.78. The third-order valence-corrected chi connectivity index (χ3v) is 3.19. The number of morpholine rings is 1. The molecule has 1 heterocycles. The maximum atomic E-state index is 5.32. The molecular formula is C11H15NOS. The van der Waals surface area contributed by atoms with Crippen LogP contribution >= 0.6 is 11.8 Å². The Bertz CT molecular complexity index is 280. The van der Waals surface area contributed by atoms with Gasteiger partial charge in [0.1, 0.15) is 0 Å². The summed E-state index contributed by atoms with van der Waals surface area (Å²) in [4.78, 5) is 3.69. The van der Waals surface area contributed by atoms with E-state index in [9.17, 15) is 0 Å². The molecule has 2 nitrogen and oxygen atoms in total. The van der Waals surface area contributed by atoms with Gasteiger partial charge in [0, 0.05) is 23.7 Å². The summed E-state index contributed by atoms with van der Waals surface area (Å²) < 4.78 is 5.32. The largest absolute Gasteiger partial charge is 0.378 e. The number of ether oxygens (including phenoxy) is 1. The predicted molar refractivity (Wildman–Crippen MR) is 61.3 cm³/mol. The molecule has 0 bridgehead atoms. The molecule has 0 aliphatic carbocycles. The maximum Gasteiger partial charge on any atom is 0.0642 e. The van der Waals surface area contributed by atoms with Gasteiger partial charge in [-0.2, -0.15) is 0 Å². The second kappa shape index (κ2) is 4.71. The second-order valence-electron chi connectivity index (χ2n) is 3.30. The molecular weight excluding hydrogens is 194 g/mol. The van der Waals surface area contributed by atoms with Gasteiger partial charge in [0.15, 0.2) is 0 Å². The molecule has 1 aliphatic rings. The molecule has 0 radical (unpaired) electrons. The Morgan fingerprint density at radius 3 is 2.36 bits per heavy atom. The average molecular weight is 209 g/mol. The summed E-state index contributed by atoms with van der Waals surface area (Å²) in [6.45, 7) is 3.73. The fourth-order valence-corrected chi connectivity index (χ4v) is 2.02. The Morgan fingerprint density at radius 1 is 1.14 bits per heavy atom. The lowest BCUT2D eigenvalue weighted by atomic mass is 10.2.